The summed E-state index contributed by atoms with van der Waals surface area (Å²) in [4.78, 5) is 16.0. The summed E-state index contributed by atoms with van der Waals surface area (Å²) in [7, 11) is -3.75. The quantitative estimate of drug-likeness (QED) is 0.368. The van der Waals surface area contributed by atoms with Gasteiger partial charge >= 0.3 is 0 Å². The second-order valence-corrected chi connectivity index (χ2v) is 10.7. The number of benzene rings is 2. The number of rotatable bonds is 11. The predicted molar refractivity (Wildman–Crippen MR) is 131 cm³/mol. The van der Waals surface area contributed by atoms with E-state index in [9.17, 15) is 17.6 Å². The van der Waals surface area contributed by atoms with Crippen LogP contribution in [-0.4, -0.2) is 36.6 Å². The van der Waals surface area contributed by atoms with E-state index in [2.05, 4.69) is 6.58 Å². The van der Waals surface area contributed by atoms with Crippen molar-refractivity contribution in [3.8, 4) is 0 Å². The summed E-state index contributed by atoms with van der Waals surface area (Å²) in [5.74, 6) is -0.878. The number of hydrogen-bond donors (Lipinski definition) is 0. The van der Waals surface area contributed by atoms with Crippen molar-refractivity contribution in [2.45, 2.75) is 25.8 Å². The molecular weight excluding hydrogens is 459 g/mol. The first kappa shape index (κ1) is 24.8. The summed E-state index contributed by atoms with van der Waals surface area (Å²) in [6.07, 6.45) is 1.48. The molecule has 174 valence electrons. The molecule has 0 saturated carbocycles. The van der Waals surface area contributed by atoms with Gasteiger partial charge in [-0.25, -0.2) is 12.8 Å². The summed E-state index contributed by atoms with van der Waals surface area (Å²) >= 11 is 1.54. The van der Waals surface area contributed by atoms with Crippen molar-refractivity contribution in [1.29, 1.82) is 0 Å². The molecule has 0 aliphatic rings. The molecule has 3 rings (SSSR count). The molecule has 1 heterocycles. The molecule has 5 nitrogen and oxygen atoms in total. The van der Waals surface area contributed by atoms with Crippen LogP contribution in [0, 0.1) is 12.7 Å². The van der Waals surface area contributed by atoms with Crippen LogP contribution in [0.2, 0.25) is 0 Å². The summed E-state index contributed by atoms with van der Waals surface area (Å²) in [5.41, 5.74) is 2.48. The minimum absolute atomic E-state index is 0.0311. The van der Waals surface area contributed by atoms with Crippen LogP contribution in [0.3, 0.4) is 0 Å². The van der Waals surface area contributed by atoms with E-state index in [1.165, 1.54) is 18.2 Å². The molecule has 3 aromatic rings. The van der Waals surface area contributed by atoms with Crippen molar-refractivity contribution in [2.24, 2.45) is 0 Å². The molecule has 0 saturated heterocycles. The predicted octanol–water partition coefficient (Wildman–Crippen LogP) is 4.74. The fourth-order valence-electron chi connectivity index (χ4n) is 3.33. The molecular formula is C25H27FN2O3S2. The highest BCUT2D eigenvalue weighted by Crippen LogP contribution is 2.20. The molecule has 0 aliphatic heterocycles. The number of carbonyl (C=O) groups excluding carboxylic acids is 1. The lowest BCUT2D eigenvalue weighted by Crippen LogP contribution is -2.42. The molecule has 0 N–H and O–H groups in total. The van der Waals surface area contributed by atoms with Crippen molar-refractivity contribution < 1.29 is 17.6 Å². The van der Waals surface area contributed by atoms with Crippen molar-refractivity contribution in [3.05, 3.63) is 106 Å². The first-order valence-electron chi connectivity index (χ1n) is 10.5. The third kappa shape index (κ3) is 7.08. The van der Waals surface area contributed by atoms with Crippen LogP contribution >= 0.6 is 11.3 Å². The number of hydrogen-bond acceptors (Lipinski definition) is 4. The van der Waals surface area contributed by atoms with E-state index in [4.69, 9.17) is 0 Å². The Hall–Kier alpha value is -2.81. The zero-order chi connectivity index (χ0) is 23.8. The fourth-order valence-corrected chi connectivity index (χ4v) is 5.69. The van der Waals surface area contributed by atoms with E-state index in [1.807, 2.05) is 24.4 Å². The third-order valence-corrected chi connectivity index (χ3v) is 7.94. The van der Waals surface area contributed by atoms with Gasteiger partial charge in [-0.2, -0.15) is 4.31 Å². The number of carbonyl (C=O) groups is 1. The van der Waals surface area contributed by atoms with Gasteiger partial charge in [-0.05, 0) is 47.2 Å². The van der Waals surface area contributed by atoms with E-state index in [0.717, 1.165) is 20.3 Å². The molecule has 2 aromatic carbocycles. The molecule has 8 heteroatoms. The van der Waals surface area contributed by atoms with E-state index in [0.29, 0.717) is 12.1 Å². The zero-order valence-corrected chi connectivity index (χ0v) is 20.1. The van der Waals surface area contributed by atoms with Gasteiger partial charge in [-0.1, -0.05) is 48.5 Å². The topological polar surface area (TPSA) is 57.7 Å². The minimum atomic E-state index is -3.75. The monoisotopic (exact) mass is 486 g/mol. The highest BCUT2D eigenvalue weighted by Gasteiger charge is 2.27. The summed E-state index contributed by atoms with van der Waals surface area (Å²) in [6, 6.07) is 16.8. The molecule has 1 amide bonds. The van der Waals surface area contributed by atoms with Crippen LogP contribution < -0.4 is 0 Å². The number of aryl methyl sites for hydroxylation is 1. The lowest BCUT2D eigenvalue weighted by Gasteiger charge is -2.27. The van der Waals surface area contributed by atoms with Crippen LogP contribution in [-0.2, 0) is 33.7 Å². The number of halogens is 1. The molecule has 33 heavy (non-hydrogen) atoms. The van der Waals surface area contributed by atoms with Gasteiger partial charge in [0.25, 0.3) is 0 Å². The SMILES string of the molecule is C=CCN(CC(=O)N(Cc1ccc(F)cc1)Cc1sccc1C)S(=O)(=O)Cc1ccccc1. The Morgan fingerprint density at radius 3 is 2.33 bits per heavy atom. The molecule has 0 fully saturated rings. The molecule has 0 aliphatic carbocycles. The lowest BCUT2D eigenvalue weighted by molar-refractivity contribution is -0.132. The van der Waals surface area contributed by atoms with Gasteiger partial charge in [-0.3, -0.25) is 4.79 Å². The fraction of sp³-hybridized carbons (Fsp3) is 0.240. The Balaban J connectivity index is 1.82. The Labute approximate surface area is 198 Å². The van der Waals surface area contributed by atoms with Crippen LogP contribution in [0.4, 0.5) is 4.39 Å². The second-order valence-electron chi connectivity index (χ2n) is 7.73. The van der Waals surface area contributed by atoms with Crippen LogP contribution in [0.25, 0.3) is 0 Å². The maximum atomic E-state index is 13.4. The molecule has 1 aromatic heterocycles. The summed E-state index contributed by atoms with van der Waals surface area (Å²) < 4.78 is 40.7. The van der Waals surface area contributed by atoms with Gasteiger partial charge in [0, 0.05) is 18.0 Å². The van der Waals surface area contributed by atoms with Gasteiger partial charge in [0.15, 0.2) is 0 Å². The van der Waals surface area contributed by atoms with Crippen LogP contribution in [0.15, 0.2) is 78.7 Å². The van der Waals surface area contributed by atoms with Crippen molar-refractivity contribution in [2.75, 3.05) is 13.1 Å². The third-order valence-electron chi connectivity index (χ3n) is 5.17. The molecule has 0 radical (unpaired) electrons. The van der Waals surface area contributed by atoms with Crippen LogP contribution in [0.1, 0.15) is 21.6 Å². The van der Waals surface area contributed by atoms with Gasteiger partial charge in [0.2, 0.25) is 15.9 Å². The normalized spacial score (nSPS) is 11.5. The van der Waals surface area contributed by atoms with Crippen molar-refractivity contribution in [1.82, 2.24) is 9.21 Å². The molecule has 0 atom stereocenters. The van der Waals surface area contributed by atoms with E-state index >= 15 is 0 Å². The standard InChI is InChI=1S/C25H27FN2O3S2/c1-3-14-28(33(30,31)19-22-7-5-4-6-8-22)18-25(29)27(17-24-20(2)13-15-32-24)16-21-9-11-23(26)12-10-21/h3-13,15H,1,14,16-19H2,2H3. The smallest absolute Gasteiger partial charge is 0.238 e. The summed E-state index contributed by atoms with van der Waals surface area (Å²) in [5, 5.41) is 1.96. The van der Waals surface area contributed by atoms with Crippen molar-refractivity contribution in [3.63, 3.8) is 0 Å². The highest BCUT2D eigenvalue weighted by molar-refractivity contribution is 7.88. The highest BCUT2D eigenvalue weighted by atomic mass is 32.2. The summed E-state index contributed by atoms with van der Waals surface area (Å²) in [6.45, 7) is 5.96. The largest absolute Gasteiger partial charge is 0.332 e. The number of thiophene rings is 1. The number of sulfonamides is 1. The second kappa shape index (κ2) is 11.4. The lowest BCUT2D eigenvalue weighted by atomic mass is 10.2. The van der Waals surface area contributed by atoms with E-state index in [1.54, 1.807) is 52.6 Å². The Morgan fingerprint density at radius 2 is 1.73 bits per heavy atom. The van der Waals surface area contributed by atoms with Gasteiger partial charge in [-0.15, -0.1) is 17.9 Å². The number of amides is 1. The minimum Gasteiger partial charge on any atom is -0.332 e. The van der Waals surface area contributed by atoms with Gasteiger partial charge in [0.1, 0.15) is 5.82 Å². The average Bonchev–Trinajstić information content (AvgIpc) is 3.19. The van der Waals surface area contributed by atoms with Crippen molar-refractivity contribution >= 4 is 27.3 Å². The Morgan fingerprint density at radius 1 is 1.03 bits per heavy atom. The van der Waals surface area contributed by atoms with E-state index < -0.39 is 10.0 Å². The maximum absolute atomic E-state index is 13.4. The Kier molecular flexibility index (Phi) is 8.55. The molecule has 0 unspecified atom stereocenters. The van der Waals surface area contributed by atoms with E-state index in [-0.39, 0.29) is 37.1 Å². The Bertz CT molecular complexity index is 1180. The number of nitrogens with zero attached hydrogens (tertiary/aromatic N) is 2. The first-order chi connectivity index (χ1) is 15.8. The molecule has 0 bridgehead atoms. The van der Waals surface area contributed by atoms with Gasteiger partial charge < -0.3 is 4.90 Å². The first-order valence-corrected chi connectivity index (χ1v) is 12.9. The van der Waals surface area contributed by atoms with Gasteiger partial charge in [0.05, 0.1) is 18.8 Å². The molecule has 0 spiro atoms. The average molecular weight is 487 g/mol. The zero-order valence-electron chi connectivity index (χ0n) is 18.5. The maximum Gasteiger partial charge on any atom is 0.238 e. The van der Waals surface area contributed by atoms with Crippen LogP contribution in [0.5, 0.6) is 0 Å².